The first-order valence-corrected chi connectivity index (χ1v) is 10.9. The molecule has 3 amide bonds. The van der Waals surface area contributed by atoms with Gasteiger partial charge in [0, 0.05) is 29.1 Å². The SMILES string of the molecule is C[C@]12CCC(=O)N1[C@@H](C(=O)Nc1cccc(C(=O)Nc3cccc(C(F)(F)F)c3)c1)CS2. The topological polar surface area (TPSA) is 78.5 Å². The Morgan fingerprint density at radius 2 is 1.78 bits per heavy atom. The Bertz CT molecular complexity index is 1090. The van der Waals surface area contributed by atoms with Gasteiger partial charge in [0.15, 0.2) is 0 Å². The molecule has 32 heavy (non-hydrogen) atoms. The van der Waals surface area contributed by atoms with Crippen molar-refractivity contribution in [1.82, 2.24) is 4.90 Å². The number of hydrogen-bond acceptors (Lipinski definition) is 4. The van der Waals surface area contributed by atoms with Crippen LogP contribution < -0.4 is 10.6 Å². The monoisotopic (exact) mass is 463 g/mol. The summed E-state index contributed by atoms with van der Waals surface area (Å²) in [6.07, 6.45) is -3.40. The van der Waals surface area contributed by atoms with Crippen molar-refractivity contribution in [3.8, 4) is 0 Å². The Morgan fingerprint density at radius 1 is 1.09 bits per heavy atom. The number of nitrogens with zero attached hydrogens (tertiary/aromatic N) is 1. The van der Waals surface area contributed by atoms with Crippen LogP contribution in [0.3, 0.4) is 0 Å². The van der Waals surface area contributed by atoms with E-state index in [1.807, 2.05) is 6.92 Å². The molecule has 6 nitrogen and oxygen atoms in total. The fourth-order valence-electron chi connectivity index (χ4n) is 3.95. The minimum absolute atomic E-state index is 0.00840. The highest BCUT2D eigenvalue weighted by Gasteiger charge is 2.52. The maximum Gasteiger partial charge on any atom is 0.416 e. The third kappa shape index (κ3) is 4.32. The van der Waals surface area contributed by atoms with E-state index in [0.29, 0.717) is 24.3 Å². The van der Waals surface area contributed by atoms with Crippen molar-refractivity contribution >= 4 is 40.9 Å². The molecule has 2 atom stereocenters. The molecule has 2 N–H and O–H groups in total. The fourth-order valence-corrected chi connectivity index (χ4v) is 5.39. The molecular weight excluding hydrogens is 443 g/mol. The first kappa shape index (κ1) is 22.2. The Morgan fingerprint density at radius 3 is 2.50 bits per heavy atom. The van der Waals surface area contributed by atoms with E-state index in [1.54, 1.807) is 28.8 Å². The highest BCUT2D eigenvalue weighted by molar-refractivity contribution is 8.01. The lowest BCUT2D eigenvalue weighted by atomic mass is 10.1. The molecule has 0 radical (unpaired) electrons. The van der Waals surface area contributed by atoms with Gasteiger partial charge in [-0.25, -0.2) is 0 Å². The molecule has 4 rings (SSSR count). The predicted octanol–water partition coefficient (Wildman–Crippen LogP) is 4.35. The molecule has 2 aliphatic heterocycles. The third-order valence-electron chi connectivity index (χ3n) is 5.59. The molecular formula is C22H20F3N3O3S. The second-order valence-corrected chi connectivity index (χ2v) is 9.37. The van der Waals surface area contributed by atoms with Gasteiger partial charge in [0.2, 0.25) is 11.8 Å². The molecule has 2 heterocycles. The standard InChI is InChI=1S/C22H20F3N3O3S/c1-21-9-8-18(29)28(21)17(12-32-21)20(31)27-15-6-2-4-13(10-15)19(30)26-16-7-3-5-14(11-16)22(23,24)25/h2-7,10-11,17H,8-9,12H2,1H3,(H,26,30)(H,27,31)/t17-,21+/m1/s1. The van der Waals surface area contributed by atoms with Gasteiger partial charge in [0.05, 0.1) is 10.4 Å². The van der Waals surface area contributed by atoms with Gasteiger partial charge in [0.25, 0.3) is 5.91 Å². The first-order chi connectivity index (χ1) is 15.1. The summed E-state index contributed by atoms with van der Waals surface area (Å²) in [5, 5.41) is 5.19. The lowest BCUT2D eigenvalue weighted by Gasteiger charge is -2.29. The molecule has 2 aromatic carbocycles. The number of amides is 3. The molecule has 2 fully saturated rings. The minimum Gasteiger partial charge on any atom is -0.324 e. The highest BCUT2D eigenvalue weighted by Crippen LogP contribution is 2.47. The average molecular weight is 463 g/mol. The van der Waals surface area contributed by atoms with Crippen LogP contribution in [-0.2, 0) is 15.8 Å². The van der Waals surface area contributed by atoms with Gasteiger partial charge in [-0.05, 0) is 49.7 Å². The number of nitrogens with one attached hydrogen (secondary N) is 2. The molecule has 2 aliphatic rings. The van der Waals surface area contributed by atoms with Crippen molar-refractivity contribution in [3.63, 3.8) is 0 Å². The Kier molecular flexibility index (Phi) is 5.66. The lowest BCUT2D eigenvalue weighted by Crippen LogP contribution is -2.48. The van der Waals surface area contributed by atoms with Gasteiger partial charge < -0.3 is 15.5 Å². The lowest BCUT2D eigenvalue weighted by molar-refractivity contribution is -0.137. The number of carbonyl (C=O) groups excluding carboxylic acids is 3. The summed E-state index contributed by atoms with van der Waals surface area (Å²) in [7, 11) is 0. The number of benzene rings is 2. The zero-order valence-corrected chi connectivity index (χ0v) is 17.8. The number of alkyl halides is 3. The van der Waals surface area contributed by atoms with Gasteiger partial charge in [-0.1, -0.05) is 12.1 Å². The van der Waals surface area contributed by atoms with Gasteiger partial charge in [-0.15, -0.1) is 11.8 Å². The summed E-state index contributed by atoms with van der Waals surface area (Å²) < 4.78 is 38.6. The number of thioether (sulfide) groups is 1. The molecule has 0 aliphatic carbocycles. The molecule has 10 heteroatoms. The van der Waals surface area contributed by atoms with E-state index in [1.165, 1.54) is 24.3 Å². The van der Waals surface area contributed by atoms with Crippen LogP contribution in [-0.4, -0.2) is 39.3 Å². The number of halogens is 3. The van der Waals surface area contributed by atoms with Crippen molar-refractivity contribution in [2.75, 3.05) is 16.4 Å². The van der Waals surface area contributed by atoms with Crippen LogP contribution in [0.4, 0.5) is 24.5 Å². The fraction of sp³-hybridized carbons (Fsp3) is 0.318. The normalized spacial score (nSPS) is 22.6. The largest absolute Gasteiger partial charge is 0.416 e. The molecule has 0 bridgehead atoms. The zero-order chi connectivity index (χ0) is 23.1. The van der Waals surface area contributed by atoms with Crippen LogP contribution in [0, 0.1) is 0 Å². The summed E-state index contributed by atoms with van der Waals surface area (Å²) in [5.74, 6) is -0.512. The van der Waals surface area contributed by atoms with E-state index in [4.69, 9.17) is 0 Å². The first-order valence-electron chi connectivity index (χ1n) is 9.92. The van der Waals surface area contributed by atoms with Gasteiger partial charge >= 0.3 is 6.18 Å². The number of anilines is 2. The molecule has 168 valence electrons. The van der Waals surface area contributed by atoms with Gasteiger partial charge in [-0.2, -0.15) is 13.2 Å². The van der Waals surface area contributed by atoms with E-state index >= 15 is 0 Å². The van der Waals surface area contributed by atoms with Crippen LogP contribution in [0.1, 0.15) is 35.7 Å². The van der Waals surface area contributed by atoms with Crippen molar-refractivity contribution in [3.05, 3.63) is 59.7 Å². The van der Waals surface area contributed by atoms with Crippen LogP contribution >= 0.6 is 11.8 Å². The Labute approximate surface area is 186 Å². The van der Waals surface area contributed by atoms with E-state index in [2.05, 4.69) is 10.6 Å². The third-order valence-corrected chi connectivity index (χ3v) is 7.09. The second kappa shape index (κ2) is 8.16. The molecule has 0 aromatic heterocycles. The van der Waals surface area contributed by atoms with Crippen LogP contribution in [0.5, 0.6) is 0 Å². The molecule has 0 saturated carbocycles. The summed E-state index contributed by atoms with van der Waals surface area (Å²) in [6.45, 7) is 1.95. The summed E-state index contributed by atoms with van der Waals surface area (Å²) in [4.78, 5) is 38.9. The van der Waals surface area contributed by atoms with Gasteiger partial charge in [0.1, 0.15) is 6.04 Å². The van der Waals surface area contributed by atoms with Crippen LogP contribution in [0.2, 0.25) is 0 Å². The van der Waals surface area contributed by atoms with Crippen LogP contribution in [0.15, 0.2) is 48.5 Å². The number of hydrogen-bond donors (Lipinski definition) is 2. The average Bonchev–Trinajstić information content (AvgIpc) is 3.23. The predicted molar refractivity (Wildman–Crippen MR) is 115 cm³/mol. The Hall–Kier alpha value is -3.01. The number of carbonyl (C=O) groups is 3. The smallest absolute Gasteiger partial charge is 0.324 e. The van der Waals surface area contributed by atoms with E-state index in [9.17, 15) is 27.6 Å². The number of fused-ring (bicyclic) bond motifs is 1. The number of rotatable bonds is 4. The minimum atomic E-state index is -4.52. The summed E-state index contributed by atoms with van der Waals surface area (Å²) >= 11 is 1.58. The van der Waals surface area contributed by atoms with E-state index < -0.39 is 23.7 Å². The van der Waals surface area contributed by atoms with Crippen molar-refractivity contribution in [1.29, 1.82) is 0 Å². The molecule has 0 unspecified atom stereocenters. The second-order valence-electron chi connectivity index (χ2n) is 7.87. The maximum atomic E-state index is 12.9. The van der Waals surface area contributed by atoms with Crippen molar-refractivity contribution < 1.29 is 27.6 Å². The van der Waals surface area contributed by atoms with E-state index in [-0.39, 0.29) is 27.9 Å². The quantitative estimate of drug-likeness (QED) is 0.707. The van der Waals surface area contributed by atoms with Crippen molar-refractivity contribution in [2.24, 2.45) is 0 Å². The van der Waals surface area contributed by atoms with Gasteiger partial charge in [-0.3, -0.25) is 14.4 Å². The molecule has 2 saturated heterocycles. The van der Waals surface area contributed by atoms with Crippen LogP contribution in [0.25, 0.3) is 0 Å². The molecule has 2 aromatic rings. The highest BCUT2D eigenvalue weighted by atomic mass is 32.2. The maximum absolute atomic E-state index is 12.9. The van der Waals surface area contributed by atoms with Crippen molar-refractivity contribution in [2.45, 2.75) is 36.9 Å². The zero-order valence-electron chi connectivity index (χ0n) is 17.0. The molecule has 0 spiro atoms. The van der Waals surface area contributed by atoms with E-state index in [0.717, 1.165) is 12.1 Å². The Balaban J connectivity index is 1.45. The summed E-state index contributed by atoms with van der Waals surface area (Å²) in [6, 6.07) is 9.84. The summed E-state index contributed by atoms with van der Waals surface area (Å²) in [5.41, 5.74) is -0.330.